The molecule has 34 heavy (non-hydrogen) atoms. The number of piperidine rings is 1. The van der Waals surface area contributed by atoms with Crippen LogP contribution in [0.25, 0.3) is 0 Å². The molecule has 4 fully saturated rings. The Hall–Kier alpha value is -1.59. The average Bonchev–Trinajstić information content (AvgIpc) is 3.03. The number of imide groups is 1. The van der Waals surface area contributed by atoms with Gasteiger partial charge in [-0.15, -0.1) is 0 Å². The van der Waals surface area contributed by atoms with Crippen molar-refractivity contribution in [1.82, 2.24) is 10.2 Å². The van der Waals surface area contributed by atoms with E-state index in [-0.39, 0.29) is 45.6 Å². The van der Waals surface area contributed by atoms with Gasteiger partial charge in [-0.05, 0) is 99.2 Å². The number of nitrogens with two attached hydrogens (primary N) is 1. The number of rotatable bonds is 3. The van der Waals surface area contributed by atoms with Crippen LogP contribution >= 0.6 is 0 Å². The summed E-state index contributed by atoms with van der Waals surface area (Å²) in [7, 11) is 0. The summed E-state index contributed by atoms with van der Waals surface area (Å²) in [6, 6.07) is -0.661. The monoisotopic (exact) mass is 473 g/mol. The number of hydrogen-bond donors (Lipinski definition) is 2. The van der Waals surface area contributed by atoms with Crippen LogP contribution in [0.3, 0.4) is 0 Å². The molecule has 0 aromatic carbocycles. The number of urea groups is 1. The summed E-state index contributed by atoms with van der Waals surface area (Å²) in [4.78, 5) is 39.7. The lowest BCUT2D eigenvalue weighted by Crippen LogP contribution is -2.64. The van der Waals surface area contributed by atoms with Gasteiger partial charge in [0.05, 0.1) is 0 Å². The van der Waals surface area contributed by atoms with Gasteiger partial charge in [-0.3, -0.25) is 14.5 Å². The highest BCUT2D eigenvalue weighted by atomic mass is 16.2. The van der Waals surface area contributed by atoms with Crippen LogP contribution in [0.1, 0.15) is 106 Å². The predicted octanol–water partition coefficient (Wildman–Crippen LogP) is 5.25. The van der Waals surface area contributed by atoms with Gasteiger partial charge in [0.15, 0.2) is 0 Å². The van der Waals surface area contributed by atoms with Gasteiger partial charge < -0.3 is 11.1 Å². The fraction of sp³-hybridized carbons (Fsp3) is 0.893. The minimum atomic E-state index is -0.588. The van der Waals surface area contributed by atoms with Gasteiger partial charge in [-0.25, -0.2) is 4.79 Å². The first-order valence-corrected chi connectivity index (χ1v) is 13.5. The van der Waals surface area contributed by atoms with Gasteiger partial charge in [0.1, 0.15) is 0 Å². The maximum Gasteiger partial charge on any atom is 0.321 e. The summed E-state index contributed by atoms with van der Waals surface area (Å²) in [5.41, 5.74) is 5.56. The summed E-state index contributed by atoms with van der Waals surface area (Å²) in [6.07, 6.45) is 8.25. The summed E-state index contributed by atoms with van der Waals surface area (Å²) in [6.45, 7) is 15.7. The maximum absolute atomic E-state index is 13.6. The molecule has 0 aromatic heterocycles. The second-order valence-corrected chi connectivity index (χ2v) is 14.4. The minimum absolute atomic E-state index is 0.0279. The first-order valence-electron chi connectivity index (χ1n) is 13.5. The number of amides is 4. The van der Waals surface area contributed by atoms with Gasteiger partial charge in [0.25, 0.3) is 0 Å². The van der Waals surface area contributed by atoms with Crippen LogP contribution in [0.15, 0.2) is 0 Å². The molecule has 3 saturated carbocycles. The first-order chi connectivity index (χ1) is 15.6. The Bertz CT molecular complexity index is 861. The van der Waals surface area contributed by atoms with E-state index >= 15 is 0 Å². The third-order valence-electron chi connectivity index (χ3n) is 10.3. The van der Waals surface area contributed by atoms with E-state index in [1.807, 2.05) is 0 Å². The molecule has 1 heterocycles. The van der Waals surface area contributed by atoms with Crippen LogP contribution in [-0.4, -0.2) is 34.3 Å². The van der Waals surface area contributed by atoms with Crippen molar-refractivity contribution in [2.24, 2.45) is 45.7 Å². The second-order valence-electron chi connectivity index (χ2n) is 14.4. The van der Waals surface area contributed by atoms with E-state index in [1.165, 1.54) is 4.90 Å². The van der Waals surface area contributed by atoms with Gasteiger partial charge in [-0.2, -0.15) is 0 Å². The molecule has 3 N–H and O–H groups in total. The van der Waals surface area contributed by atoms with Crippen LogP contribution in [0.5, 0.6) is 0 Å². The number of carbonyl (C=O) groups excluding carboxylic acids is 3. The first kappa shape index (κ1) is 25.5. The highest BCUT2D eigenvalue weighted by Crippen LogP contribution is 2.66. The molecule has 1 aliphatic heterocycles. The number of fused-ring (bicyclic) bond motifs is 5. The van der Waals surface area contributed by atoms with Crippen LogP contribution in [0.2, 0.25) is 0 Å². The molecule has 0 aromatic rings. The van der Waals surface area contributed by atoms with E-state index < -0.39 is 6.03 Å². The highest BCUT2D eigenvalue weighted by Gasteiger charge is 2.63. The molecule has 6 heteroatoms. The van der Waals surface area contributed by atoms with Crippen LogP contribution in [-0.2, 0) is 9.59 Å². The van der Waals surface area contributed by atoms with Gasteiger partial charge in [0.2, 0.25) is 11.8 Å². The zero-order valence-corrected chi connectivity index (χ0v) is 22.5. The van der Waals surface area contributed by atoms with Crippen molar-refractivity contribution >= 4 is 17.8 Å². The SMILES string of the molecule is CC(C)(C)CC(C)(C)NC(=O)C1CC[C@H]2[C@@H]3CCC4N(C(N)=O)C(=O)CC[C@]4(C)[C@@H]3CC[C@]12C. The van der Waals surface area contributed by atoms with E-state index in [0.717, 1.165) is 51.4 Å². The predicted molar refractivity (Wildman–Crippen MR) is 134 cm³/mol. The summed E-state index contributed by atoms with van der Waals surface area (Å²) >= 11 is 0. The highest BCUT2D eigenvalue weighted by molar-refractivity contribution is 5.95. The molecule has 3 aliphatic carbocycles. The molecule has 7 atom stereocenters. The number of nitrogens with one attached hydrogen (secondary N) is 1. The number of carbonyl (C=O) groups is 3. The van der Waals surface area contributed by atoms with E-state index in [1.54, 1.807) is 0 Å². The molecule has 6 nitrogen and oxygen atoms in total. The lowest BCUT2D eigenvalue weighted by Gasteiger charge is -2.61. The number of likely N-dealkylation sites (tertiary alicyclic amines) is 1. The standard InChI is InChI=1S/C28H47N3O3/c1-25(2,3)16-26(4,5)30-23(33)20-10-9-18-17-8-11-21-28(7,19(17)12-14-27(18,20)6)15-13-22(32)31(21)24(29)34/h17-21H,8-16H2,1-7H3,(H2,29,34)(H,30,33)/t17-,18-,19+,20?,21?,27-,28+/m0/s1. The number of primary amides is 1. The largest absolute Gasteiger partial charge is 0.351 e. The Labute approximate surface area is 206 Å². The number of nitrogens with zero attached hydrogens (tertiary/aromatic N) is 1. The zero-order chi connectivity index (χ0) is 25.3. The average molecular weight is 474 g/mol. The van der Waals surface area contributed by atoms with E-state index in [4.69, 9.17) is 5.73 Å². The van der Waals surface area contributed by atoms with Crippen molar-refractivity contribution in [3.63, 3.8) is 0 Å². The van der Waals surface area contributed by atoms with E-state index in [2.05, 4.69) is 53.8 Å². The molecule has 1 saturated heterocycles. The van der Waals surface area contributed by atoms with Crippen molar-refractivity contribution in [2.45, 2.75) is 118 Å². The van der Waals surface area contributed by atoms with Crippen LogP contribution in [0, 0.1) is 39.9 Å². The molecule has 4 rings (SSSR count). The van der Waals surface area contributed by atoms with Crippen LogP contribution in [0.4, 0.5) is 4.79 Å². The van der Waals surface area contributed by atoms with E-state index in [9.17, 15) is 14.4 Å². The second kappa shape index (κ2) is 8.23. The third-order valence-corrected chi connectivity index (χ3v) is 10.3. The molecule has 4 amide bonds. The summed E-state index contributed by atoms with van der Waals surface area (Å²) < 4.78 is 0. The summed E-state index contributed by atoms with van der Waals surface area (Å²) in [5.74, 6) is 1.77. The molecular weight excluding hydrogens is 426 g/mol. The molecule has 2 unspecified atom stereocenters. The normalized spacial score (nSPS) is 40.3. The molecule has 0 spiro atoms. The van der Waals surface area contributed by atoms with Crippen LogP contribution < -0.4 is 11.1 Å². The molecule has 192 valence electrons. The van der Waals surface area contributed by atoms with Crippen molar-refractivity contribution in [3.05, 3.63) is 0 Å². The quantitative estimate of drug-likeness (QED) is 0.586. The maximum atomic E-state index is 13.6. The van der Waals surface area contributed by atoms with Crippen molar-refractivity contribution < 1.29 is 14.4 Å². The van der Waals surface area contributed by atoms with Crippen molar-refractivity contribution in [1.29, 1.82) is 0 Å². The Morgan fingerprint density at radius 3 is 2.24 bits per heavy atom. The Kier molecular flexibility index (Phi) is 6.17. The topological polar surface area (TPSA) is 92.5 Å². The number of hydrogen-bond acceptors (Lipinski definition) is 3. The molecule has 4 aliphatic rings. The fourth-order valence-corrected chi connectivity index (χ4v) is 9.38. The summed E-state index contributed by atoms with van der Waals surface area (Å²) in [5, 5.41) is 3.43. The Balaban J connectivity index is 1.53. The van der Waals surface area contributed by atoms with Gasteiger partial charge in [-0.1, -0.05) is 34.6 Å². The minimum Gasteiger partial charge on any atom is -0.351 e. The van der Waals surface area contributed by atoms with Gasteiger partial charge in [0, 0.05) is 23.9 Å². The lowest BCUT2D eigenvalue weighted by atomic mass is 9.47. The van der Waals surface area contributed by atoms with Gasteiger partial charge >= 0.3 is 6.03 Å². The van der Waals surface area contributed by atoms with E-state index in [0.29, 0.717) is 24.2 Å². The molecular formula is C28H47N3O3. The Morgan fingerprint density at radius 2 is 1.62 bits per heavy atom. The zero-order valence-electron chi connectivity index (χ0n) is 22.5. The third kappa shape index (κ3) is 4.17. The molecule has 0 bridgehead atoms. The smallest absolute Gasteiger partial charge is 0.321 e. The van der Waals surface area contributed by atoms with Crippen molar-refractivity contribution in [2.75, 3.05) is 0 Å². The lowest BCUT2D eigenvalue weighted by molar-refractivity contribution is -0.156. The Morgan fingerprint density at radius 1 is 0.971 bits per heavy atom. The van der Waals surface area contributed by atoms with Crippen molar-refractivity contribution in [3.8, 4) is 0 Å². The molecule has 0 radical (unpaired) electrons. The fourth-order valence-electron chi connectivity index (χ4n) is 9.38.